The van der Waals surface area contributed by atoms with Gasteiger partial charge in [-0.25, -0.2) is 4.39 Å². The molecule has 1 aliphatic heterocycles. The van der Waals surface area contributed by atoms with Crippen LogP contribution in [0.15, 0.2) is 30.5 Å². The number of benzene rings is 1. The molecule has 2 aromatic heterocycles. The van der Waals surface area contributed by atoms with E-state index in [1.807, 2.05) is 4.90 Å². The van der Waals surface area contributed by atoms with Crippen LogP contribution < -0.4 is 0 Å². The molecule has 1 fully saturated rings. The van der Waals surface area contributed by atoms with Gasteiger partial charge in [0.25, 0.3) is 5.91 Å². The van der Waals surface area contributed by atoms with Crippen molar-refractivity contribution >= 4 is 5.91 Å². The third-order valence-electron chi connectivity index (χ3n) is 5.95. The normalized spacial score (nSPS) is 19.0. The van der Waals surface area contributed by atoms with Crippen LogP contribution in [0.2, 0.25) is 0 Å². The maximum Gasteiger partial charge on any atom is 0.274 e. The molecule has 144 valence electrons. The molecular formula is C21H22FN5O. The number of fused-ring (bicyclic) bond motifs is 1. The van der Waals surface area contributed by atoms with E-state index in [4.69, 9.17) is 0 Å². The molecule has 1 saturated heterocycles. The van der Waals surface area contributed by atoms with Gasteiger partial charge in [-0.1, -0.05) is 12.1 Å². The molecule has 7 heteroatoms. The molecule has 2 N–H and O–H groups in total. The van der Waals surface area contributed by atoms with Gasteiger partial charge in [-0.3, -0.25) is 15.0 Å². The SMILES string of the molecule is O=C(c1n[nH]c2c1CCC2)N1CCCC(c2[nH]ncc2-c2ccc(F)cc2)C1. The number of H-pyrrole nitrogens is 2. The highest BCUT2D eigenvalue weighted by atomic mass is 19.1. The smallest absolute Gasteiger partial charge is 0.274 e. The number of carbonyl (C=O) groups excluding carboxylic acids is 1. The van der Waals surface area contributed by atoms with E-state index in [1.54, 1.807) is 18.3 Å². The van der Waals surface area contributed by atoms with E-state index in [0.717, 1.165) is 66.7 Å². The Morgan fingerprint density at radius 1 is 1.14 bits per heavy atom. The molecule has 0 bridgehead atoms. The lowest BCUT2D eigenvalue weighted by Crippen LogP contribution is -2.39. The summed E-state index contributed by atoms with van der Waals surface area (Å²) in [6, 6.07) is 6.45. The fourth-order valence-corrected chi connectivity index (χ4v) is 4.51. The highest BCUT2D eigenvalue weighted by Crippen LogP contribution is 2.34. The number of likely N-dealkylation sites (tertiary alicyclic amines) is 1. The van der Waals surface area contributed by atoms with E-state index in [9.17, 15) is 9.18 Å². The Balaban J connectivity index is 1.39. The summed E-state index contributed by atoms with van der Waals surface area (Å²) >= 11 is 0. The number of aromatic amines is 2. The van der Waals surface area contributed by atoms with Crippen LogP contribution in [0.1, 0.15) is 52.6 Å². The Morgan fingerprint density at radius 3 is 2.86 bits per heavy atom. The van der Waals surface area contributed by atoms with Crippen LogP contribution in [-0.4, -0.2) is 44.3 Å². The van der Waals surface area contributed by atoms with Crippen molar-refractivity contribution in [2.24, 2.45) is 0 Å². The van der Waals surface area contributed by atoms with Crippen molar-refractivity contribution in [1.29, 1.82) is 0 Å². The lowest BCUT2D eigenvalue weighted by molar-refractivity contribution is 0.0699. The molecule has 1 amide bonds. The first-order valence-electron chi connectivity index (χ1n) is 9.85. The fraction of sp³-hybridized carbons (Fsp3) is 0.381. The first kappa shape index (κ1) is 17.2. The largest absolute Gasteiger partial charge is 0.337 e. The highest BCUT2D eigenvalue weighted by molar-refractivity contribution is 5.94. The first-order chi connectivity index (χ1) is 13.7. The predicted molar refractivity (Wildman–Crippen MR) is 102 cm³/mol. The number of aromatic nitrogens is 4. The van der Waals surface area contributed by atoms with E-state index in [-0.39, 0.29) is 17.6 Å². The minimum absolute atomic E-state index is 0.0203. The number of aryl methyl sites for hydroxylation is 1. The topological polar surface area (TPSA) is 77.7 Å². The Bertz CT molecular complexity index is 1010. The summed E-state index contributed by atoms with van der Waals surface area (Å²) in [6.07, 6.45) is 6.70. The maximum absolute atomic E-state index is 13.3. The van der Waals surface area contributed by atoms with E-state index in [0.29, 0.717) is 12.2 Å². The molecular weight excluding hydrogens is 357 g/mol. The van der Waals surface area contributed by atoms with Gasteiger partial charge in [0.1, 0.15) is 5.82 Å². The van der Waals surface area contributed by atoms with Crippen molar-refractivity contribution in [3.8, 4) is 11.1 Å². The number of amides is 1. The van der Waals surface area contributed by atoms with Crippen LogP contribution in [0.25, 0.3) is 11.1 Å². The number of rotatable bonds is 3. The summed E-state index contributed by atoms with van der Waals surface area (Å²) in [5.41, 5.74) is 5.72. The lowest BCUT2D eigenvalue weighted by Gasteiger charge is -2.32. The number of carbonyl (C=O) groups is 1. The second-order valence-electron chi connectivity index (χ2n) is 7.68. The molecule has 3 heterocycles. The second kappa shape index (κ2) is 6.89. The number of halogens is 1. The Labute approximate surface area is 162 Å². The monoisotopic (exact) mass is 379 g/mol. The van der Waals surface area contributed by atoms with Gasteiger partial charge in [-0.2, -0.15) is 10.2 Å². The van der Waals surface area contributed by atoms with Crippen LogP contribution in [-0.2, 0) is 12.8 Å². The summed E-state index contributed by atoms with van der Waals surface area (Å²) in [7, 11) is 0. The van der Waals surface area contributed by atoms with Crippen molar-refractivity contribution in [3.05, 3.63) is 58.9 Å². The quantitative estimate of drug-likeness (QED) is 0.732. The zero-order valence-electron chi connectivity index (χ0n) is 15.5. The van der Waals surface area contributed by atoms with Crippen LogP contribution >= 0.6 is 0 Å². The second-order valence-corrected chi connectivity index (χ2v) is 7.68. The van der Waals surface area contributed by atoms with Gasteiger partial charge in [-0.15, -0.1) is 0 Å². The van der Waals surface area contributed by atoms with Crippen molar-refractivity contribution in [2.75, 3.05) is 13.1 Å². The zero-order valence-corrected chi connectivity index (χ0v) is 15.5. The number of piperidine rings is 1. The van der Waals surface area contributed by atoms with E-state index in [1.165, 1.54) is 12.1 Å². The molecule has 0 radical (unpaired) electrons. The van der Waals surface area contributed by atoms with Crippen molar-refractivity contribution in [3.63, 3.8) is 0 Å². The summed E-state index contributed by atoms with van der Waals surface area (Å²) in [5.74, 6) is -0.0611. The van der Waals surface area contributed by atoms with Crippen LogP contribution in [0, 0.1) is 5.82 Å². The molecule has 28 heavy (non-hydrogen) atoms. The van der Waals surface area contributed by atoms with Gasteiger partial charge in [0.15, 0.2) is 5.69 Å². The Kier molecular flexibility index (Phi) is 4.22. The van der Waals surface area contributed by atoms with Gasteiger partial charge in [0, 0.05) is 41.5 Å². The number of hydrogen-bond donors (Lipinski definition) is 2. The molecule has 1 aliphatic carbocycles. The first-order valence-corrected chi connectivity index (χ1v) is 9.85. The third kappa shape index (κ3) is 2.91. The summed E-state index contributed by atoms with van der Waals surface area (Å²) in [5, 5.41) is 14.7. The standard InChI is InChI=1S/C21H22FN5O/c22-15-8-6-13(7-9-15)17-11-23-25-19(17)14-3-2-10-27(12-14)21(28)20-16-4-1-5-18(16)24-26-20/h6-9,11,14H,1-5,10,12H2,(H,23,25)(H,24,26). The highest BCUT2D eigenvalue weighted by Gasteiger charge is 2.31. The molecule has 1 unspecified atom stereocenters. The van der Waals surface area contributed by atoms with Gasteiger partial charge in [0.05, 0.1) is 6.20 Å². The molecule has 1 aromatic carbocycles. The molecule has 6 nitrogen and oxygen atoms in total. The predicted octanol–water partition coefficient (Wildman–Crippen LogP) is 3.45. The molecule has 0 saturated carbocycles. The number of nitrogens with one attached hydrogen (secondary N) is 2. The summed E-state index contributed by atoms with van der Waals surface area (Å²) < 4.78 is 13.3. The number of nitrogens with zero attached hydrogens (tertiary/aromatic N) is 3. The fourth-order valence-electron chi connectivity index (χ4n) is 4.51. The maximum atomic E-state index is 13.3. The average Bonchev–Trinajstić information content (AvgIpc) is 3.45. The molecule has 5 rings (SSSR count). The van der Waals surface area contributed by atoms with Crippen LogP contribution in [0.5, 0.6) is 0 Å². The Morgan fingerprint density at radius 2 is 2.00 bits per heavy atom. The van der Waals surface area contributed by atoms with Crippen molar-refractivity contribution < 1.29 is 9.18 Å². The lowest BCUT2D eigenvalue weighted by atomic mass is 9.90. The Hall–Kier alpha value is -2.96. The van der Waals surface area contributed by atoms with E-state index in [2.05, 4.69) is 20.4 Å². The molecule has 0 spiro atoms. The minimum Gasteiger partial charge on any atom is -0.337 e. The van der Waals surface area contributed by atoms with Gasteiger partial charge >= 0.3 is 0 Å². The molecule has 2 aliphatic rings. The number of hydrogen-bond acceptors (Lipinski definition) is 3. The molecule has 1 atom stereocenters. The van der Waals surface area contributed by atoms with Crippen LogP contribution in [0.4, 0.5) is 4.39 Å². The molecule has 3 aromatic rings. The summed E-state index contributed by atoms with van der Waals surface area (Å²) in [6.45, 7) is 1.38. The van der Waals surface area contributed by atoms with Crippen LogP contribution in [0.3, 0.4) is 0 Å². The van der Waals surface area contributed by atoms with Gasteiger partial charge in [0.2, 0.25) is 0 Å². The van der Waals surface area contributed by atoms with Crippen molar-refractivity contribution in [2.45, 2.75) is 38.0 Å². The van der Waals surface area contributed by atoms with E-state index < -0.39 is 0 Å². The summed E-state index contributed by atoms with van der Waals surface area (Å²) in [4.78, 5) is 15.0. The third-order valence-corrected chi connectivity index (χ3v) is 5.95. The zero-order chi connectivity index (χ0) is 19.1. The average molecular weight is 379 g/mol. The van der Waals surface area contributed by atoms with Gasteiger partial charge in [-0.05, 0) is 49.8 Å². The van der Waals surface area contributed by atoms with Crippen molar-refractivity contribution in [1.82, 2.24) is 25.3 Å². The minimum atomic E-state index is -0.255. The van der Waals surface area contributed by atoms with E-state index >= 15 is 0 Å². The van der Waals surface area contributed by atoms with Gasteiger partial charge < -0.3 is 4.90 Å².